The van der Waals surface area contributed by atoms with Crippen molar-refractivity contribution < 1.29 is 14.7 Å². The Balaban J connectivity index is 1.40. The Morgan fingerprint density at radius 1 is 1.17 bits per heavy atom. The summed E-state index contributed by atoms with van der Waals surface area (Å²) >= 11 is 0. The number of pyridine rings is 1. The molecular formula is C22H28N4O3. The van der Waals surface area contributed by atoms with Gasteiger partial charge in [0.1, 0.15) is 17.5 Å². The molecule has 2 aromatic heterocycles. The molecule has 0 bridgehead atoms. The first kappa shape index (κ1) is 20.9. The predicted octanol–water partition coefficient (Wildman–Crippen LogP) is 3.47. The summed E-state index contributed by atoms with van der Waals surface area (Å²) in [6.45, 7) is 2.77. The van der Waals surface area contributed by atoms with E-state index < -0.39 is 11.9 Å². The molecule has 0 unspecified atom stereocenters. The van der Waals surface area contributed by atoms with E-state index in [1.807, 2.05) is 0 Å². The van der Waals surface area contributed by atoms with Gasteiger partial charge in [-0.2, -0.15) is 0 Å². The first-order valence-electron chi connectivity index (χ1n) is 10.3. The van der Waals surface area contributed by atoms with Crippen molar-refractivity contribution in [2.24, 2.45) is 0 Å². The molecule has 1 aliphatic heterocycles. The van der Waals surface area contributed by atoms with Crippen LogP contribution in [-0.2, 0) is 22.4 Å². The Bertz CT molecular complexity index is 852. The lowest BCUT2D eigenvalue weighted by molar-refractivity contribution is -0.139. The summed E-state index contributed by atoms with van der Waals surface area (Å²) in [6.07, 6.45) is 8.75. The van der Waals surface area contributed by atoms with E-state index in [2.05, 4.69) is 32.4 Å². The van der Waals surface area contributed by atoms with Crippen molar-refractivity contribution >= 4 is 17.6 Å². The normalized spacial score (nSPS) is 14.0. The fourth-order valence-corrected chi connectivity index (χ4v) is 3.55. The molecule has 154 valence electrons. The van der Waals surface area contributed by atoms with Crippen molar-refractivity contribution in [3.05, 3.63) is 47.2 Å². The zero-order chi connectivity index (χ0) is 20.6. The number of hydrogen-bond donors (Lipinski definition) is 2. The van der Waals surface area contributed by atoms with Crippen LogP contribution in [0, 0.1) is 6.92 Å². The standard InChI is InChI=1S/C22H28N4O3/c1-15-13-25-20(14-24-15)19(22(28)29)11-10-18(27)7-3-2-6-17-9-8-16-5-4-12-23-21(16)26-17/h8-9,13-14,19H,2-7,10-12H2,1H3,(H,23,26)(H,28,29)/t19-/m0/s1. The van der Waals surface area contributed by atoms with Crippen molar-refractivity contribution in [1.82, 2.24) is 15.0 Å². The van der Waals surface area contributed by atoms with Crippen LogP contribution in [0.3, 0.4) is 0 Å². The minimum atomic E-state index is -0.969. The highest BCUT2D eigenvalue weighted by Crippen LogP contribution is 2.22. The molecule has 3 rings (SSSR count). The lowest BCUT2D eigenvalue weighted by Gasteiger charge is -2.17. The van der Waals surface area contributed by atoms with Crippen LogP contribution in [-0.4, -0.2) is 38.4 Å². The van der Waals surface area contributed by atoms with Crippen molar-refractivity contribution in [2.45, 2.75) is 64.2 Å². The summed E-state index contributed by atoms with van der Waals surface area (Å²) in [5.74, 6) is -0.664. The van der Waals surface area contributed by atoms with E-state index in [0.29, 0.717) is 12.1 Å². The van der Waals surface area contributed by atoms with Gasteiger partial charge in [0.2, 0.25) is 0 Å². The van der Waals surface area contributed by atoms with Gasteiger partial charge in [0, 0.05) is 37.5 Å². The molecule has 7 heteroatoms. The molecule has 29 heavy (non-hydrogen) atoms. The maximum absolute atomic E-state index is 12.2. The molecule has 2 N–H and O–H groups in total. The van der Waals surface area contributed by atoms with Crippen LogP contribution in [0.4, 0.5) is 5.82 Å². The number of nitrogens with zero attached hydrogens (tertiary/aromatic N) is 3. The van der Waals surface area contributed by atoms with Gasteiger partial charge < -0.3 is 10.4 Å². The van der Waals surface area contributed by atoms with Crippen LogP contribution >= 0.6 is 0 Å². The lowest BCUT2D eigenvalue weighted by Crippen LogP contribution is -2.15. The fraction of sp³-hybridized carbons (Fsp3) is 0.500. The maximum atomic E-state index is 12.2. The summed E-state index contributed by atoms with van der Waals surface area (Å²) in [5, 5.41) is 12.8. The molecular weight excluding hydrogens is 368 g/mol. The summed E-state index contributed by atoms with van der Waals surface area (Å²) < 4.78 is 0. The number of carboxylic acid groups (broad SMARTS) is 1. The third-order valence-electron chi connectivity index (χ3n) is 5.26. The zero-order valence-electron chi connectivity index (χ0n) is 16.9. The molecule has 0 aromatic carbocycles. The van der Waals surface area contributed by atoms with E-state index in [-0.39, 0.29) is 18.6 Å². The van der Waals surface area contributed by atoms with Crippen molar-refractivity contribution in [3.63, 3.8) is 0 Å². The van der Waals surface area contributed by atoms with E-state index in [0.717, 1.165) is 55.9 Å². The number of Topliss-reactive ketones (excluding diaryl/α,β-unsaturated/α-hetero) is 1. The molecule has 0 saturated heterocycles. The number of rotatable bonds is 10. The van der Waals surface area contributed by atoms with Crippen LogP contribution in [0.25, 0.3) is 0 Å². The van der Waals surface area contributed by atoms with Gasteiger partial charge in [0.25, 0.3) is 0 Å². The average molecular weight is 396 g/mol. The highest BCUT2D eigenvalue weighted by Gasteiger charge is 2.22. The monoisotopic (exact) mass is 396 g/mol. The molecule has 0 amide bonds. The second kappa shape index (κ2) is 10.1. The van der Waals surface area contributed by atoms with Crippen molar-refractivity contribution in [1.29, 1.82) is 0 Å². The molecule has 2 aromatic rings. The third-order valence-corrected chi connectivity index (χ3v) is 5.26. The third kappa shape index (κ3) is 6.07. The molecule has 0 spiro atoms. The first-order valence-corrected chi connectivity index (χ1v) is 10.3. The number of fused-ring (bicyclic) bond motifs is 1. The SMILES string of the molecule is Cc1cnc([C@H](CCC(=O)CCCCc2ccc3c(n2)NCCC3)C(=O)O)cn1. The number of aryl methyl sites for hydroxylation is 3. The highest BCUT2D eigenvalue weighted by atomic mass is 16.4. The molecule has 7 nitrogen and oxygen atoms in total. The highest BCUT2D eigenvalue weighted by molar-refractivity contribution is 5.80. The number of aromatic nitrogens is 3. The number of unbranched alkanes of at least 4 members (excludes halogenated alkanes) is 1. The predicted molar refractivity (Wildman–Crippen MR) is 110 cm³/mol. The van der Waals surface area contributed by atoms with E-state index in [1.54, 1.807) is 13.1 Å². The maximum Gasteiger partial charge on any atom is 0.312 e. The molecule has 0 fully saturated rings. The first-order chi connectivity index (χ1) is 14.0. The smallest absolute Gasteiger partial charge is 0.312 e. The van der Waals surface area contributed by atoms with Crippen LogP contribution in [0.2, 0.25) is 0 Å². The summed E-state index contributed by atoms with van der Waals surface area (Å²) in [5.41, 5.74) is 3.47. The summed E-state index contributed by atoms with van der Waals surface area (Å²) in [4.78, 5) is 36.7. The molecule has 0 radical (unpaired) electrons. The number of carbonyl (C=O) groups is 2. The number of carboxylic acids is 1. The van der Waals surface area contributed by atoms with Gasteiger partial charge in [-0.25, -0.2) is 4.98 Å². The quantitative estimate of drug-likeness (QED) is 0.592. The summed E-state index contributed by atoms with van der Waals surface area (Å²) in [6, 6.07) is 4.22. The van der Waals surface area contributed by atoms with Crippen molar-refractivity contribution in [2.75, 3.05) is 11.9 Å². The van der Waals surface area contributed by atoms with Crippen LogP contribution in [0.1, 0.15) is 67.1 Å². The minimum absolute atomic E-state index is 0.0939. The molecule has 0 saturated carbocycles. The number of nitrogens with one attached hydrogen (secondary N) is 1. The molecule has 1 atom stereocenters. The van der Waals surface area contributed by atoms with Gasteiger partial charge in [-0.1, -0.05) is 6.07 Å². The lowest BCUT2D eigenvalue weighted by atomic mass is 9.96. The molecule has 1 aliphatic rings. The molecule has 3 heterocycles. The van der Waals surface area contributed by atoms with Gasteiger partial charge in [-0.3, -0.25) is 19.6 Å². The Labute approximate surface area is 171 Å². The number of carbonyl (C=O) groups excluding carboxylic acids is 1. The number of ketones is 1. The van der Waals surface area contributed by atoms with E-state index >= 15 is 0 Å². The molecule has 0 aliphatic carbocycles. The van der Waals surface area contributed by atoms with Crippen LogP contribution in [0.15, 0.2) is 24.5 Å². The summed E-state index contributed by atoms with van der Waals surface area (Å²) in [7, 11) is 0. The fourth-order valence-electron chi connectivity index (χ4n) is 3.55. The number of aliphatic carboxylic acids is 1. The van der Waals surface area contributed by atoms with Crippen LogP contribution < -0.4 is 5.32 Å². The average Bonchev–Trinajstić information content (AvgIpc) is 2.72. The topological polar surface area (TPSA) is 105 Å². The van der Waals surface area contributed by atoms with E-state index in [4.69, 9.17) is 0 Å². The largest absolute Gasteiger partial charge is 0.481 e. The second-order valence-corrected chi connectivity index (χ2v) is 7.60. The Hall–Kier alpha value is -2.83. The van der Waals surface area contributed by atoms with Gasteiger partial charge in [0.15, 0.2) is 0 Å². The van der Waals surface area contributed by atoms with Gasteiger partial charge in [-0.05, 0) is 57.1 Å². The van der Waals surface area contributed by atoms with E-state index in [9.17, 15) is 14.7 Å². The van der Waals surface area contributed by atoms with Crippen LogP contribution in [0.5, 0.6) is 0 Å². The minimum Gasteiger partial charge on any atom is -0.481 e. The Morgan fingerprint density at radius 3 is 2.79 bits per heavy atom. The van der Waals surface area contributed by atoms with Gasteiger partial charge in [-0.15, -0.1) is 0 Å². The second-order valence-electron chi connectivity index (χ2n) is 7.60. The Kier molecular flexibility index (Phi) is 7.27. The Morgan fingerprint density at radius 2 is 2.03 bits per heavy atom. The van der Waals surface area contributed by atoms with Gasteiger partial charge in [0.05, 0.1) is 11.4 Å². The van der Waals surface area contributed by atoms with E-state index in [1.165, 1.54) is 11.8 Å². The zero-order valence-corrected chi connectivity index (χ0v) is 16.9. The van der Waals surface area contributed by atoms with Crippen molar-refractivity contribution in [3.8, 4) is 0 Å². The number of anilines is 1. The van der Waals surface area contributed by atoms with Gasteiger partial charge >= 0.3 is 5.97 Å². The number of hydrogen-bond acceptors (Lipinski definition) is 6.